The third kappa shape index (κ3) is 3.00. The lowest BCUT2D eigenvalue weighted by molar-refractivity contribution is 1.19. The largest absolute Gasteiger partial charge is 0.362 e. The van der Waals surface area contributed by atoms with Crippen molar-refractivity contribution in [1.29, 1.82) is 0 Å². The van der Waals surface area contributed by atoms with E-state index in [1.165, 1.54) is 6.07 Å². The lowest BCUT2D eigenvalue weighted by Crippen LogP contribution is -2.10. The van der Waals surface area contributed by atoms with Crippen LogP contribution in [0.4, 0.5) is 5.82 Å². The summed E-state index contributed by atoms with van der Waals surface area (Å²) in [5, 5.41) is 3.02. The highest BCUT2D eigenvalue weighted by atomic mass is 31.1. The fourth-order valence-corrected chi connectivity index (χ4v) is 1.07. The fraction of sp³-hybridized carbons (Fsp3) is 0.167. The molecule has 0 spiro atoms. The van der Waals surface area contributed by atoms with Gasteiger partial charge in [0.25, 0.3) is 0 Å². The van der Waals surface area contributed by atoms with Gasteiger partial charge in [0.2, 0.25) is 5.56 Å². The summed E-state index contributed by atoms with van der Waals surface area (Å²) in [6.07, 6.45) is 0. The average Bonchev–Trinajstić information content (AvgIpc) is 1.85. The molecule has 2 atom stereocenters. The number of H-pyrrole nitrogens is 1. The topological polar surface area (TPSA) is 44.9 Å². The van der Waals surface area contributed by atoms with Gasteiger partial charge in [-0.05, 0) is 6.07 Å². The smallest absolute Gasteiger partial charge is 0.249 e. The number of anilines is 1. The second-order valence-electron chi connectivity index (χ2n) is 2.10. The van der Waals surface area contributed by atoms with Crippen molar-refractivity contribution >= 4 is 24.3 Å². The summed E-state index contributed by atoms with van der Waals surface area (Å²) in [6, 6.07) is 4.99. The Morgan fingerprint density at radius 2 is 2.18 bits per heavy atom. The van der Waals surface area contributed by atoms with Crippen molar-refractivity contribution in [3.8, 4) is 0 Å². The molecule has 1 aromatic heterocycles. The monoisotopic (exact) mass is 188 g/mol. The van der Waals surface area contributed by atoms with Gasteiger partial charge in [-0.2, -0.15) is 0 Å². The molecule has 60 valence electrons. The second kappa shape index (κ2) is 3.85. The quantitative estimate of drug-likeness (QED) is 0.675. The van der Waals surface area contributed by atoms with Gasteiger partial charge in [-0.25, -0.2) is 0 Å². The molecule has 2 unspecified atom stereocenters. The third-order valence-electron chi connectivity index (χ3n) is 1.09. The highest BCUT2D eigenvalue weighted by Gasteiger charge is 1.93. The van der Waals surface area contributed by atoms with Crippen molar-refractivity contribution in [2.24, 2.45) is 0 Å². The van der Waals surface area contributed by atoms with Gasteiger partial charge in [0.1, 0.15) is 5.82 Å². The highest BCUT2D eigenvalue weighted by Crippen LogP contribution is 2.10. The van der Waals surface area contributed by atoms with Crippen LogP contribution in [-0.2, 0) is 0 Å². The molecule has 0 aliphatic carbocycles. The summed E-state index contributed by atoms with van der Waals surface area (Å²) < 4.78 is 0. The molecule has 0 aromatic carbocycles. The molecular formula is C6H10N2OP2. The van der Waals surface area contributed by atoms with Gasteiger partial charge in [-0.3, -0.25) is 4.79 Å². The van der Waals surface area contributed by atoms with E-state index in [9.17, 15) is 4.79 Å². The van der Waals surface area contributed by atoms with E-state index in [0.29, 0.717) is 0 Å². The normalized spacial score (nSPS) is 10.1. The molecule has 3 nitrogen and oxygen atoms in total. The molecule has 1 rings (SSSR count). The summed E-state index contributed by atoms with van der Waals surface area (Å²) in [4.78, 5) is 13.4. The molecule has 2 N–H and O–H groups in total. The minimum absolute atomic E-state index is 0.0920. The van der Waals surface area contributed by atoms with Gasteiger partial charge >= 0.3 is 0 Å². The Morgan fingerprint density at radius 3 is 2.73 bits per heavy atom. The number of pyridine rings is 1. The van der Waals surface area contributed by atoms with Gasteiger partial charge in [0.05, 0.1) is 5.52 Å². The summed E-state index contributed by atoms with van der Waals surface area (Å²) in [5.74, 6) is 0.729. The van der Waals surface area contributed by atoms with Gasteiger partial charge in [0, 0.05) is 6.07 Å². The Kier molecular flexibility index (Phi) is 3.04. The van der Waals surface area contributed by atoms with Crippen molar-refractivity contribution in [2.75, 3.05) is 5.32 Å². The lowest BCUT2D eigenvalue weighted by atomic mass is 10.5. The first-order valence-electron chi connectivity index (χ1n) is 3.15. The summed E-state index contributed by atoms with van der Waals surface area (Å²) in [6.45, 7) is 0. The molecule has 11 heavy (non-hydrogen) atoms. The molecule has 0 saturated heterocycles. The van der Waals surface area contributed by atoms with Crippen LogP contribution in [-0.4, -0.2) is 10.5 Å². The molecular weight excluding hydrogens is 178 g/mol. The van der Waals surface area contributed by atoms with Crippen LogP contribution < -0.4 is 10.9 Å². The van der Waals surface area contributed by atoms with Crippen molar-refractivity contribution in [3.05, 3.63) is 28.6 Å². The molecule has 0 aliphatic heterocycles. The zero-order chi connectivity index (χ0) is 8.27. The standard InChI is InChI=1S/C6H10N2OP2/c9-5-3-1-2-4(7-5)8-6(10)11/h1-3,6H,10-11H2,(H2,7,8,9). The molecule has 1 heterocycles. The molecule has 0 aliphatic rings. The number of aromatic amines is 1. The molecule has 5 heteroatoms. The van der Waals surface area contributed by atoms with Gasteiger partial charge in [-0.15, -0.1) is 18.5 Å². The Balaban J connectivity index is 2.80. The Bertz CT molecular complexity index is 284. The van der Waals surface area contributed by atoms with E-state index in [1.54, 1.807) is 6.07 Å². The fourth-order valence-electron chi connectivity index (χ4n) is 0.712. The zero-order valence-electron chi connectivity index (χ0n) is 5.87. The minimum Gasteiger partial charge on any atom is -0.362 e. The van der Waals surface area contributed by atoms with E-state index in [-0.39, 0.29) is 11.1 Å². The third-order valence-corrected chi connectivity index (χ3v) is 1.42. The minimum atomic E-state index is -0.0920. The van der Waals surface area contributed by atoms with E-state index >= 15 is 0 Å². The van der Waals surface area contributed by atoms with Crippen molar-refractivity contribution in [2.45, 2.75) is 5.52 Å². The van der Waals surface area contributed by atoms with E-state index in [0.717, 1.165) is 5.82 Å². The van der Waals surface area contributed by atoms with Crippen LogP contribution in [0.25, 0.3) is 0 Å². The molecule has 0 saturated carbocycles. The van der Waals surface area contributed by atoms with E-state index in [4.69, 9.17) is 0 Å². The second-order valence-corrected chi connectivity index (χ2v) is 4.31. The number of aromatic nitrogens is 1. The van der Waals surface area contributed by atoms with E-state index < -0.39 is 0 Å². The van der Waals surface area contributed by atoms with Gasteiger partial charge < -0.3 is 10.3 Å². The number of hydrogen-bond acceptors (Lipinski definition) is 2. The lowest BCUT2D eigenvalue weighted by Gasteiger charge is -2.07. The number of nitrogens with one attached hydrogen (secondary N) is 2. The first-order valence-corrected chi connectivity index (χ1v) is 4.49. The molecule has 0 bridgehead atoms. The van der Waals surface area contributed by atoms with Gasteiger partial charge in [-0.1, -0.05) is 6.07 Å². The zero-order valence-corrected chi connectivity index (χ0v) is 8.18. The van der Waals surface area contributed by atoms with Crippen LogP contribution in [0.5, 0.6) is 0 Å². The predicted octanol–water partition coefficient (Wildman–Crippen LogP) is 0.821. The number of hydrogen-bond donors (Lipinski definition) is 2. The average molecular weight is 188 g/mol. The number of rotatable bonds is 2. The molecule has 0 fully saturated rings. The Labute approximate surface area is 69.4 Å². The van der Waals surface area contributed by atoms with Crippen LogP contribution in [0, 0.1) is 0 Å². The van der Waals surface area contributed by atoms with Crippen LogP contribution in [0.3, 0.4) is 0 Å². The maximum atomic E-state index is 10.8. The maximum absolute atomic E-state index is 10.8. The van der Waals surface area contributed by atoms with Gasteiger partial charge in [0.15, 0.2) is 0 Å². The van der Waals surface area contributed by atoms with Crippen LogP contribution in [0.1, 0.15) is 0 Å². The molecule has 1 aromatic rings. The van der Waals surface area contributed by atoms with Crippen LogP contribution in [0.15, 0.2) is 23.0 Å². The van der Waals surface area contributed by atoms with Crippen molar-refractivity contribution < 1.29 is 0 Å². The van der Waals surface area contributed by atoms with E-state index in [2.05, 4.69) is 28.8 Å². The maximum Gasteiger partial charge on any atom is 0.249 e. The molecule has 0 amide bonds. The summed E-state index contributed by atoms with van der Waals surface area (Å²) in [7, 11) is 5.10. The van der Waals surface area contributed by atoms with E-state index in [1.807, 2.05) is 6.07 Å². The van der Waals surface area contributed by atoms with Crippen LogP contribution >= 0.6 is 18.5 Å². The highest BCUT2D eigenvalue weighted by molar-refractivity contribution is 7.38. The SMILES string of the molecule is O=c1cccc(NC(P)P)[nH]1. The molecule has 0 radical (unpaired) electrons. The summed E-state index contributed by atoms with van der Waals surface area (Å²) >= 11 is 0. The Hall–Kier alpha value is -0.390. The van der Waals surface area contributed by atoms with Crippen molar-refractivity contribution in [1.82, 2.24) is 4.98 Å². The predicted molar refractivity (Wildman–Crippen MR) is 53.9 cm³/mol. The first-order chi connectivity index (χ1) is 5.18. The van der Waals surface area contributed by atoms with Crippen molar-refractivity contribution in [3.63, 3.8) is 0 Å². The first kappa shape index (κ1) is 8.70. The summed E-state index contributed by atoms with van der Waals surface area (Å²) in [5.41, 5.74) is 0.0821. The van der Waals surface area contributed by atoms with Crippen LogP contribution in [0.2, 0.25) is 0 Å². The Morgan fingerprint density at radius 1 is 1.45 bits per heavy atom.